The first-order chi connectivity index (χ1) is 13.9. The van der Waals surface area contributed by atoms with E-state index in [-0.39, 0.29) is 11.7 Å². The maximum absolute atomic E-state index is 13.0. The Bertz CT molecular complexity index is 1190. The van der Waals surface area contributed by atoms with E-state index in [4.69, 9.17) is 0 Å². The molecule has 5 heterocycles. The molecule has 11 heteroatoms. The van der Waals surface area contributed by atoms with Crippen LogP contribution in [0.2, 0.25) is 0 Å². The van der Waals surface area contributed by atoms with Crippen LogP contribution in [-0.4, -0.2) is 47.3 Å². The molecule has 0 saturated carbocycles. The number of anilines is 1. The molecule has 4 aromatic rings. The number of aryl methyl sites for hydroxylation is 1. The molecule has 0 unspecified atom stereocenters. The third-order valence-electron chi connectivity index (χ3n) is 5.20. The highest BCUT2D eigenvalue weighted by Crippen LogP contribution is 2.31. The van der Waals surface area contributed by atoms with E-state index in [1.807, 2.05) is 33.7 Å². The first kappa shape index (κ1) is 17.8. The van der Waals surface area contributed by atoms with Gasteiger partial charge in [-0.3, -0.25) is 4.40 Å². The molecule has 0 atom stereocenters. The molecule has 4 aromatic heterocycles. The number of piperidine rings is 1. The maximum Gasteiger partial charge on any atom is 0.453 e. The Morgan fingerprint density at radius 1 is 1.07 bits per heavy atom. The van der Waals surface area contributed by atoms with Crippen LogP contribution in [0.1, 0.15) is 36.1 Å². The van der Waals surface area contributed by atoms with Gasteiger partial charge in [-0.25, -0.2) is 4.98 Å². The highest BCUT2D eigenvalue weighted by molar-refractivity contribution is 5.48. The van der Waals surface area contributed by atoms with Crippen molar-refractivity contribution in [2.75, 3.05) is 18.0 Å². The average molecular weight is 402 g/mol. The van der Waals surface area contributed by atoms with E-state index in [1.165, 1.54) is 4.52 Å². The Kier molecular flexibility index (Phi) is 3.93. The summed E-state index contributed by atoms with van der Waals surface area (Å²) in [6, 6.07) is 7.51. The smallest absolute Gasteiger partial charge is 0.356 e. The van der Waals surface area contributed by atoms with Crippen molar-refractivity contribution in [1.29, 1.82) is 0 Å². The molecular weight excluding hydrogens is 385 g/mol. The molecule has 0 bridgehead atoms. The molecule has 1 saturated heterocycles. The van der Waals surface area contributed by atoms with Gasteiger partial charge in [0.25, 0.3) is 11.6 Å². The van der Waals surface area contributed by atoms with Gasteiger partial charge in [0.15, 0.2) is 5.65 Å². The molecule has 1 aliphatic heterocycles. The Morgan fingerprint density at radius 3 is 2.62 bits per heavy atom. The van der Waals surface area contributed by atoms with Gasteiger partial charge in [0.05, 0.1) is 0 Å². The minimum atomic E-state index is -4.61. The summed E-state index contributed by atoms with van der Waals surface area (Å²) in [5.41, 5.74) is 1.40. The van der Waals surface area contributed by atoms with Crippen molar-refractivity contribution in [3.63, 3.8) is 0 Å². The molecule has 1 aliphatic rings. The molecule has 0 aromatic carbocycles. The van der Waals surface area contributed by atoms with E-state index < -0.39 is 12.0 Å². The van der Waals surface area contributed by atoms with Gasteiger partial charge in [-0.2, -0.15) is 22.7 Å². The molecule has 8 nitrogen and oxygen atoms in total. The van der Waals surface area contributed by atoms with E-state index in [2.05, 4.69) is 25.3 Å². The molecule has 5 rings (SSSR count). The standard InChI is InChI=1S/C18H17F3N8/c1-11-10-14(29-17(22-11)23-16(26-29)18(19,20)21)27-8-5-12(6-9-27)15-25-24-13-4-2-3-7-28(13)15/h2-4,7,10,12H,5-6,8-9H2,1H3. The van der Waals surface area contributed by atoms with E-state index in [0.29, 0.717) is 24.6 Å². The summed E-state index contributed by atoms with van der Waals surface area (Å²) in [4.78, 5) is 9.68. The fraction of sp³-hybridized carbons (Fsp3) is 0.389. The number of aromatic nitrogens is 7. The Labute approximate surface area is 163 Å². The lowest BCUT2D eigenvalue weighted by molar-refractivity contribution is -0.144. The lowest BCUT2D eigenvalue weighted by atomic mass is 9.96. The second kappa shape index (κ2) is 6.39. The Morgan fingerprint density at radius 2 is 1.86 bits per heavy atom. The summed E-state index contributed by atoms with van der Waals surface area (Å²) in [5.74, 6) is 0.486. The van der Waals surface area contributed by atoms with Gasteiger partial charge in [0, 0.05) is 37.0 Å². The summed E-state index contributed by atoms with van der Waals surface area (Å²) < 4.78 is 42.3. The molecule has 150 valence electrons. The van der Waals surface area contributed by atoms with Gasteiger partial charge in [0.2, 0.25) is 0 Å². The first-order valence-electron chi connectivity index (χ1n) is 9.26. The monoisotopic (exact) mass is 402 g/mol. The lowest BCUT2D eigenvalue weighted by Gasteiger charge is -2.32. The van der Waals surface area contributed by atoms with Crippen molar-refractivity contribution >= 4 is 17.2 Å². The van der Waals surface area contributed by atoms with Gasteiger partial charge in [0.1, 0.15) is 11.6 Å². The van der Waals surface area contributed by atoms with E-state index in [9.17, 15) is 13.2 Å². The van der Waals surface area contributed by atoms with E-state index in [0.717, 1.165) is 24.3 Å². The summed E-state index contributed by atoms with van der Waals surface area (Å²) in [6.07, 6.45) is -1.06. The quantitative estimate of drug-likeness (QED) is 0.513. The van der Waals surface area contributed by atoms with Crippen LogP contribution in [0, 0.1) is 6.92 Å². The number of rotatable bonds is 2. The Hall–Kier alpha value is -3.24. The summed E-state index contributed by atoms with van der Waals surface area (Å²) in [5, 5.41) is 12.2. The second-order valence-corrected chi connectivity index (χ2v) is 7.15. The van der Waals surface area contributed by atoms with Crippen molar-refractivity contribution in [1.82, 2.24) is 34.2 Å². The number of hydrogen-bond acceptors (Lipinski definition) is 6. The number of fused-ring (bicyclic) bond motifs is 2. The van der Waals surface area contributed by atoms with Gasteiger partial charge < -0.3 is 4.90 Å². The fourth-order valence-electron chi connectivity index (χ4n) is 3.82. The average Bonchev–Trinajstić information content (AvgIpc) is 3.31. The van der Waals surface area contributed by atoms with Crippen LogP contribution in [-0.2, 0) is 6.18 Å². The van der Waals surface area contributed by atoms with Crippen molar-refractivity contribution in [2.45, 2.75) is 31.9 Å². The number of alkyl halides is 3. The van der Waals surface area contributed by atoms with E-state index in [1.54, 1.807) is 13.0 Å². The predicted molar refractivity (Wildman–Crippen MR) is 97.7 cm³/mol. The molecule has 29 heavy (non-hydrogen) atoms. The van der Waals surface area contributed by atoms with Gasteiger partial charge in [-0.15, -0.1) is 15.3 Å². The van der Waals surface area contributed by atoms with Crippen LogP contribution in [0.25, 0.3) is 11.4 Å². The highest BCUT2D eigenvalue weighted by atomic mass is 19.4. The largest absolute Gasteiger partial charge is 0.453 e. The number of nitrogens with zero attached hydrogens (tertiary/aromatic N) is 8. The third kappa shape index (κ3) is 3.06. The SMILES string of the molecule is Cc1cc(N2CCC(c3nnc4ccccn34)CC2)n2nc(C(F)(F)F)nc2n1. The molecule has 0 aliphatic carbocycles. The van der Waals surface area contributed by atoms with Crippen molar-refractivity contribution in [3.8, 4) is 0 Å². The molecule has 0 N–H and O–H groups in total. The van der Waals surface area contributed by atoms with Crippen LogP contribution in [0.5, 0.6) is 0 Å². The van der Waals surface area contributed by atoms with Crippen LogP contribution in [0.3, 0.4) is 0 Å². The number of hydrogen-bond donors (Lipinski definition) is 0. The zero-order valence-electron chi connectivity index (χ0n) is 15.5. The van der Waals surface area contributed by atoms with Crippen LogP contribution in [0.15, 0.2) is 30.5 Å². The highest BCUT2D eigenvalue weighted by Gasteiger charge is 2.37. The van der Waals surface area contributed by atoms with E-state index >= 15 is 0 Å². The van der Waals surface area contributed by atoms with Gasteiger partial charge in [-0.05, 0) is 31.9 Å². The zero-order chi connectivity index (χ0) is 20.2. The molecule has 0 amide bonds. The predicted octanol–water partition coefficient (Wildman–Crippen LogP) is 2.88. The summed E-state index contributed by atoms with van der Waals surface area (Å²) >= 11 is 0. The van der Waals surface area contributed by atoms with Gasteiger partial charge >= 0.3 is 6.18 Å². The minimum Gasteiger partial charge on any atom is -0.356 e. The van der Waals surface area contributed by atoms with Crippen LogP contribution in [0.4, 0.5) is 19.0 Å². The van der Waals surface area contributed by atoms with Crippen molar-refractivity contribution in [3.05, 3.63) is 47.8 Å². The Balaban J connectivity index is 1.43. The third-order valence-corrected chi connectivity index (χ3v) is 5.20. The molecule has 0 spiro atoms. The summed E-state index contributed by atoms with van der Waals surface area (Å²) in [7, 11) is 0. The second-order valence-electron chi connectivity index (χ2n) is 7.15. The maximum atomic E-state index is 13.0. The fourth-order valence-corrected chi connectivity index (χ4v) is 3.82. The topological polar surface area (TPSA) is 76.5 Å². The van der Waals surface area contributed by atoms with Crippen LogP contribution < -0.4 is 4.90 Å². The number of halogens is 3. The zero-order valence-corrected chi connectivity index (χ0v) is 15.5. The first-order valence-corrected chi connectivity index (χ1v) is 9.26. The normalized spacial score (nSPS) is 16.2. The molecule has 1 fully saturated rings. The minimum absolute atomic E-state index is 0.0436. The van der Waals surface area contributed by atoms with Crippen molar-refractivity contribution < 1.29 is 13.2 Å². The lowest BCUT2D eigenvalue weighted by Crippen LogP contribution is -2.35. The van der Waals surface area contributed by atoms with Crippen LogP contribution >= 0.6 is 0 Å². The number of pyridine rings is 1. The van der Waals surface area contributed by atoms with Gasteiger partial charge in [-0.1, -0.05) is 6.07 Å². The molecular formula is C18H17F3N8. The molecule has 0 radical (unpaired) electrons. The summed E-state index contributed by atoms with van der Waals surface area (Å²) in [6.45, 7) is 3.05. The van der Waals surface area contributed by atoms with Crippen molar-refractivity contribution in [2.24, 2.45) is 0 Å².